The number of ketones is 1. The van der Waals surface area contributed by atoms with Gasteiger partial charge in [0.15, 0.2) is 9.84 Å². The Morgan fingerprint density at radius 1 is 0.980 bits per heavy atom. The van der Waals surface area contributed by atoms with Gasteiger partial charge in [-0.2, -0.15) is 0 Å². The molecule has 0 aromatic carbocycles. The number of Topliss-reactive ketones (excluding diaryl/α,β-unsaturated/α-hetero) is 1. The summed E-state index contributed by atoms with van der Waals surface area (Å²) in [6.07, 6.45) is 15.3. The fraction of sp³-hybridized carbons (Fsp3) is 0.757. The first kappa shape index (κ1) is 37.8. The van der Waals surface area contributed by atoms with Crippen LogP contribution in [0.2, 0.25) is 0 Å². The van der Waals surface area contributed by atoms with Gasteiger partial charge in [-0.15, -0.1) is 18.9 Å². The first-order valence-corrected chi connectivity index (χ1v) is 20.1. The Labute approximate surface area is 297 Å². The van der Waals surface area contributed by atoms with Gasteiger partial charge in [0.2, 0.25) is 17.6 Å². The van der Waals surface area contributed by atoms with E-state index < -0.39 is 62.5 Å². The van der Waals surface area contributed by atoms with Crippen LogP contribution in [-0.2, 0) is 29.0 Å². The van der Waals surface area contributed by atoms with Crippen LogP contribution in [0.3, 0.4) is 0 Å². The number of sulfone groups is 1. The van der Waals surface area contributed by atoms with Crippen LogP contribution in [0.25, 0.3) is 0 Å². The van der Waals surface area contributed by atoms with Crippen molar-refractivity contribution in [3.8, 4) is 12.3 Å². The van der Waals surface area contributed by atoms with Crippen LogP contribution in [0.1, 0.15) is 104 Å². The van der Waals surface area contributed by atoms with Crippen LogP contribution < -0.4 is 21.3 Å². The summed E-state index contributed by atoms with van der Waals surface area (Å²) in [5, 5.41) is 10.8. The maximum atomic E-state index is 14.5. The van der Waals surface area contributed by atoms with Crippen molar-refractivity contribution in [1.29, 1.82) is 0 Å². The molecule has 5 rings (SSSR count). The zero-order chi connectivity index (χ0) is 36.5. The highest BCUT2D eigenvalue weighted by molar-refractivity contribution is 7.92. The van der Waals surface area contributed by atoms with Crippen molar-refractivity contribution < 1.29 is 32.4 Å². The molecule has 5 amide bonds. The molecule has 12 nitrogen and oxygen atoms in total. The molecule has 13 heteroatoms. The SMILES string of the molecule is C#CCCC(NC(=O)[C@@H]1C2C(CN1C(=O)[C@@H](NC(=O)NC1(CS(=O)(=O)C3CCCC3)CCCCC1)C1(C)CC1)C2(C)C)C(=O)C(=O)NCC=C. The zero-order valence-electron chi connectivity index (χ0n) is 29.9. The summed E-state index contributed by atoms with van der Waals surface area (Å²) in [5.41, 5.74) is -1.65. The quantitative estimate of drug-likeness (QED) is 0.115. The molecule has 276 valence electrons. The van der Waals surface area contributed by atoms with E-state index in [0.29, 0.717) is 45.1 Å². The van der Waals surface area contributed by atoms with Crippen LogP contribution in [0.4, 0.5) is 4.79 Å². The second-order valence-electron chi connectivity index (χ2n) is 16.3. The molecule has 0 radical (unpaired) electrons. The lowest BCUT2D eigenvalue weighted by Crippen LogP contribution is -2.63. The number of hydrogen-bond donors (Lipinski definition) is 4. The number of rotatable bonds is 15. The molecular formula is C37H55N5O7S. The lowest BCUT2D eigenvalue weighted by molar-refractivity contribution is -0.144. The predicted octanol–water partition coefficient (Wildman–Crippen LogP) is 2.77. The van der Waals surface area contributed by atoms with Gasteiger partial charge in [-0.25, -0.2) is 13.2 Å². The molecule has 4 saturated carbocycles. The first-order valence-electron chi connectivity index (χ1n) is 18.4. The second-order valence-corrected chi connectivity index (χ2v) is 18.6. The van der Waals surface area contributed by atoms with Gasteiger partial charge in [-0.05, 0) is 67.6 Å². The number of urea groups is 1. The number of amides is 5. The number of likely N-dealkylation sites (tertiary alicyclic amines) is 1. The smallest absolute Gasteiger partial charge is 0.315 e. The highest BCUT2D eigenvalue weighted by Crippen LogP contribution is 2.65. The van der Waals surface area contributed by atoms with E-state index in [9.17, 15) is 32.4 Å². The minimum atomic E-state index is -3.43. The van der Waals surface area contributed by atoms with Crippen molar-refractivity contribution >= 4 is 39.4 Å². The van der Waals surface area contributed by atoms with Crippen molar-refractivity contribution in [2.45, 2.75) is 133 Å². The molecule has 1 aliphatic heterocycles. The van der Waals surface area contributed by atoms with Crippen molar-refractivity contribution in [2.24, 2.45) is 22.7 Å². The highest BCUT2D eigenvalue weighted by Gasteiger charge is 2.70. The van der Waals surface area contributed by atoms with Crippen LogP contribution in [0, 0.1) is 35.0 Å². The van der Waals surface area contributed by atoms with Gasteiger partial charge in [-0.1, -0.05) is 59.0 Å². The van der Waals surface area contributed by atoms with Gasteiger partial charge in [0.25, 0.3) is 5.91 Å². The Balaban J connectivity index is 1.33. The van der Waals surface area contributed by atoms with Crippen LogP contribution in [-0.4, -0.2) is 90.6 Å². The van der Waals surface area contributed by atoms with Gasteiger partial charge in [0.05, 0.1) is 22.6 Å². The number of nitrogens with zero attached hydrogens (tertiary/aromatic N) is 1. The number of nitrogens with one attached hydrogen (secondary N) is 4. The topological polar surface area (TPSA) is 171 Å². The number of fused-ring (bicyclic) bond motifs is 1. The molecule has 4 N–H and O–H groups in total. The molecule has 1 heterocycles. The van der Waals surface area contributed by atoms with E-state index in [1.54, 1.807) is 0 Å². The van der Waals surface area contributed by atoms with E-state index in [1.807, 2.05) is 20.8 Å². The van der Waals surface area contributed by atoms with Gasteiger partial charge in [-0.3, -0.25) is 19.2 Å². The highest BCUT2D eigenvalue weighted by atomic mass is 32.2. The molecule has 5 fully saturated rings. The minimum absolute atomic E-state index is 0.0470. The standard InChI is InChI=1S/C37H55N5O7S/c1-6-8-16-26(29(43)32(45)38-21-7-2)39-31(44)28-27-25(35(27,3)4)22-42(28)33(46)30(36(5)19-20-36)40-34(47)41-37(17-12-9-13-18-37)23-50(48,49)24-14-10-11-15-24/h1,7,24-28,30H,2,8-23H2,3-5H3,(H,38,45)(H,39,44)(H2,40,41,47)/t25?,26?,27?,28-,30+/m0/s1. The normalized spacial score (nSPS) is 27.1. The monoisotopic (exact) mass is 713 g/mol. The Hall–Kier alpha value is -3.40. The molecule has 5 aliphatic rings. The lowest BCUT2D eigenvalue weighted by Gasteiger charge is -2.40. The average Bonchev–Trinajstić information content (AvgIpc) is 3.66. The molecule has 0 bridgehead atoms. The Kier molecular flexibility index (Phi) is 11.1. The zero-order valence-corrected chi connectivity index (χ0v) is 30.7. The van der Waals surface area contributed by atoms with Crippen molar-refractivity contribution in [1.82, 2.24) is 26.2 Å². The third-order valence-corrected chi connectivity index (χ3v) is 14.8. The fourth-order valence-electron chi connectivity index (χ4n) is 8.86. The third kappa shape index (κ3) is 7.90. The van der Waals surface area contributed by atoms with Crippen LogP contribution in [0.15, 0.2) is 12.7 Å². The number of carbonyl (C=O) groups is 5. The molecule has 0 aromatic rings. The molecular weight excluding hydrogens is 659 g/mol. The summed E-state index contributed by atoms with van der Waals surface area (Å²) in [6.45, 7) is 9.96. The maximum Gasteiger partial charge on any atom is 0.315 e. The molecule has 50 heavy (non-hydrogen) atoms. The van der Waals surface area contributed by atoms with E-state index in [2.05, 4.69) is 33.8 Å². The van der Waals surface area contributed by atoms with E-state index in [1.165, 1.54) is 11.0 Å². The summed E-state index contributed by atoms with van der Waals surface area (Å²) >= 11 is 0. The molecule has 3 unspecified atom stereocenters. The van der Waals surface area contributed by atoms with Gasteiger partial charge < -0.3 is 26.2 Å². The lowest BCUT2D eigenvalue weighted by atomic mass is 9.83. The average molecular weight is 714 g/mol. The summed E-state index contributed by atoms with van der Waals surface area (Å²) in [5.74, 6) is -0.378. The summed E-state index contributed by atoms with van der Waals surface area (Å²) in [6, 6.07) is -3.59. The Morgan fingerprint density at radius 2 is 1.64 bits per heavy atom. The molecule has 4 aliphatic carbocycles. The van der Waals surface area contributed by atoms with E-state index in [4.69, 9.17) is 6.42 Å². The Bertz CT molecular complexity index is 1520. The van der Waals surface area contributed by atoms with Crippen LogP contribution in [0.5, 0.6) is 0 Å². The van der Waals surface area contributed by atoms with Crippen molar-refractivity contribution in [3.63, 3.8) is 0 Å². The number of hydrogen-bond acceptors (Lipinski definition) is 7. The molecule has 5 atom stereocenters. The summed E-state index contributed by atoms with van der Waals surface area (Å²) < 4.78 is 27.0. The number of piperidine rings is 1. The summed E-state index contributed by atoms with van der Waals surface area (Å²) in [4.78, 5) is 69.5. The first-order chi connectivity index (χ1) is 23.6. The van der Waals surface area contributed by atoms with Gasteiger partial charge in [0.1, 0.15) is 12.1 Å². The minimum Gasteiger partial charge on any atom is -0.346 e. The van der Waals surface area contributed by atoms with Crippen molar-refractivity contribution in [3.05, 3.63) is 12.7 Å². The van der Waals surface area contributed by atoms with E-state index in [0.717, 1.165) is 32.1 Å². The molecule has 1 saturated heterocycles. The van der Waals surface area contributed by atoms with Gasteiger partial charge in [0, 0.05) is 19.5 Å². The molecule has 0 spiro atoms. The van der Waals surface area contributed by atoms with E-state index >= 15 is 0 Å². The van der Waals surface area contributed by atoms with Gasteiger partial charge >= 0.3 is 6.03 Å². The van der Waals surface area contributed by atoms with Crippen molar-refractivity contribution in [2.75, 3.05) is 18.8 Å². The maximum absolute atomic E-state index is 14.5. The third-order valence-electron chi connectivity index (χ3n) is 12.3. The molecule has 0 aromatic heterocycles. The fourth-order valence-corrected chi connectivity index (χ4v) is 11.3. The number of carbonyl (C=O) groups excluding carboxylic acids is 5. The predicted molar refractivity (Wildman–Crippen MR) is 189 cm³/mol. The number of terminal acetylenes is 1. The Morgan fingerprint density at radius 3 is 2.24 bits per heavy atom. The second kappa shape index (κ2) is 14.7. The summed E-state index contributed by atoms with van der Waals surface area (Å²) in [7, 11) is -3.43. The van der Waals surface area contributed by atoms with E-state index in [-0.39, 0.29) is 53.5 Å². The largest absolute Gasteiger partial charge is 0.346 e. The van der Waals surface area contributed by atoms with Crippen LogP contribution >= 0.6 is 0 Å².